The molecule has 4 unspecified atom stereocenters. The van der Waals surface area contributed by atoms with Gasteiger partial charge < -0.3 is 10.2 Å². The number of carbonyl (C=O) groups excluding carboxylic acids is 4. The van der Waals surface area contributed by atoms with Gasteiger partial charge in [-0.1, -0.05) is 54.6 Å². The maximum Gasteiger partial charge on any atom is 0.253 e. The van der Waals surface area contributed by atoms with E-state index in [1.54, 1.807) is 60.7 Å². The molecule has 2 N–H and O–H groups in total. The number of fused-ring (bicyclic) bond motifs is 4. The van der Waals surface area contributed by atoms with E-state index in [9.17, 15) is 19.2 Å². The van der Waals surface area contributed by atoms with Crippen molar-refractivity contribution in [3.63, 3.8) is 0 Å². The predicted molar refractivity (Wildman–Crippen MR) is 134 cm³/mol. The number of nitrogens with one attached hydrogen (secondary N) is 2. The molecule has 3 heterocycles. The third-order valence-corrected chi connectivity index (χ3v) is 7.39. The number of nitrogens with zero attached hydrogens (tertiary/aromatic N) is 2. The van der Waals surface area contributed by atoms with E-state index in [-0.39, 0.29) is 18.4 Å². The van der Waals surface area contributed by atoms with Gasteiger partial charge in [-0.25, -0.2) is 4.90 Å². The van der Waals surface area contributed by atoms with Gasteiger partial charge in [-0.15, -0.1) is 0 Å². The minimum atomic E-state index is -1.43. The summed E-state index contributed by atoms with van der Waals surface area (Å²) in [5.74, 6) is -3.11. The second kappa shape index (κ2) is 8.13. The molecule has 6 rings (SSSR count). The van der Waals surface area contributed by atoms with Crippen LogP contribution in [0.25, 0.3) is 0 Å². The fraction of sp³-hybridized carbons (Fsp3) is 0.214. The third kappa shape index (κ3) is 3.04. The van der Waals surface area contributed by atoms with Crippen LogP contribution in [0.5, 0.6) is 0 Å². The van der Waals surface area contributed by atoms with Crippen LogP contribution in [0, 0.1) is 11.8 Å². The zero-order chi connectivity index (χ0) is 25.0. The smallest absolute Gasteiger partial charge is 0.253 e. The fourth-order valence-corrected chi connectivity index (χ4v) is 5.96. The standard InChI is InChI=1S/C28H24N4O4/c1-17-23-24(26(35)32(25(23)34)19-12-6-3-7-13-19)28(30-17)20-14-8-9-15-21(20)31(27(28)36)16-22(33)29-18-10-4-2-5-11-18/h2-15,17,23-24,30H,16H2,1H3,(H,29,33). The van der Waals surface area contributed by atoms with Gasteiger partial charge in [-0.05, 0) is 37.3 Å². The molecule has 3 aliphatic rings. The highest BCUT2D eigenvalue weighted by molar-refractivity contribution is 6.26. The van der Waals surface area contributed by atoms with Crippen LogP contribution in [0.3, 0.4) is 0 Å². The van der Waals surface area contributed by atoms with Gasteiger partial charge in [0.05, 0.1) is 17.5 Å². The molecule has 0 aromatic heterocycles. The minimum absolute atomic E-state index is 0.218. The van der Waals surface area contributed by atoms with Gasteiger partial charge in [0, 0.05) is 23.0 Å². The van der Waals surface area contributed by atoms with Gasteiger partial charge in [-0.3, -0.25) is 24.5 Å². The van der Waals surface area contributed by atoms with Gasteiger partial charge in [0.15, 0.2) is 0 Å². The van der Waals surface area contributed by atoms with Crippen molar-refractivity contribution in [2.75, 3.05) is 21.7 Å². The number of amides is 4. The molecular formula is C28H24N4O4. The van der Waals surface area contributed by atoms with E-state index in [1.807, 2.05) is 31.2 Å². The quantitative estimate of drug-likeness (QED) is 0.560. The van der Waals surface area contributed by atoms with Crippen LogP contribution >= 0.6 is 0 Å². The monoisotopic (exact) mass is 480 g/mol. The molecule has 36 heavy (non-hydrogen) atoms. The average Bonchev–Trinajstić information content (AvgIpc) is 3.43. The molecule has 0 bridgehead atoms. The van der Waals surface area contributed by atoms with Gasteiger partial charge in [-0.2, -0.15) is 0 Å². The fourth-order valence-electron chi connectivity index (χ4n) is 5.96. The second-order valence-corrected chi connectivity index (χ2v) is 9.41. The van der Waals surface area contributed by atoms with E-state index in [0.717, 1.165) is 0 Å². The number of carbonyl (C=O) groups is 4. The molecule has 8 nitrogen and oxygen atoms in total. The first-order valence-corrected chi connectivity index (χ1v) is 11.9. The Kier molecular flexibility index (Phi) is 5.01. The van der Waals surface area contributed by atoms with Crippen molar-refractivity contribution in [3.8, 4) is 0 Å². The second-order valence-electron chi connectivity index (χ2n) is 9.41. The predicted octanol–water partition coefficient (Wildman–Crippen LogP) is 2.66. The largest absolute Gasteiger partial charge is 0.325 e. The first-order valence-electron chi connectivity index (χ1n) is 11.9. The SMILES string of the molecule is CC1NC2(C(=O)N(CC(=O)Nc3ccccc3)c3ccccc32)C2C(=O)N(c3ccccc3)C(=O)C12. The summed E-state index contributed by atoms with van der Waals surface area (Å²) in [7, 11) is 0. The molecule has 0 saturated carbocycles. The van der Waals surface area contributed by atoms with Crippen LogP contribution < -0.4 is 20.4 Å². The van der Waals surface area contributed by atoms with E-state index < -0.39 is 35.2 Å². The van der Waals surface area contributed by atoms with Crippen LogP contribution in [-0.2, 0) is 24.7 Å². The van der Waals surface area contributed by atoms with Crippen LogP contribution in [0.4, 0.5) is 17.1 Å². The van der Waals surface area contributed by atoms with Gasteiger partial charge in [0.1, 0.15) is 12.1 Å². The Morgan fingerprint density at radius 3 is 2.25 bits per heavy atom. The molecule has 3 aliphatic heterocycles. The Morgan fingerprint density at radius 2 is 1.53 bits per heavy atom. The maximum atomic E-state index is 14.2. The molecule has 0 radical (unpaired) electrons. The van der Waals surface area contributed by atoms with Crippen molar-refractivity contribution in [3.05, 3.63) is 90.5 Å². The summed E-state index contributed by atoms with van der Waals surface area (Å²) in [4.78, 5) is 57.0. The Labute approximate surface area is 207 Å². The van der Waals surface area contributed by atoms with Crippen molar-refractivity contribution in [2.24, 2.45) is 11.8 Å². The summed E-state index contributed by atoms with van der Waals surface area (Å²) in [6.45, 7) is 1.61. The Morgan fingerprint density at radius 1 is 0.889 bits per heavy atom. The minimum Gasteiger partial charge on any atom is -0.325 e. The summed E-state index contributed by atoms with van der Waals surface area (Å²) in [6, 6.07) is 24.5. The van der Waals surface area contributed by atoms with Crippen molar-refractivity contribution in [2.45, 2.75) is 18.5 Å². The number of hydrogen-bond acceptors (Lipinski definition) is 5. The van der Waals surface area contributed by atoms with Gasteiger partial charge in [0.25, 0.3) is 5.91 Å². The Balaban J connectivity index is 1.39. The normalized spacial score (nSPS) is 26.5. The van der Waals surface area contributed by atoms with Gasteiger partial charge >= 0.3 is 0 Å². The maximum absolute atomic E-state index is 14.2. The third-order valence-electron chi connectivity index (χ3n) is 7.39. The van der Waals surface area contributed by atoms with Crippen molar-refractivity contribution < 1.29 is 19.2 Å². The molecule has 2 saturated heterocycles. The van der Waals surface area contributed by atoms with Crippen LogP contribution in [0.1, 0.15) is 12.5 Å². The Hall–Kier alpha value is -4.30. The average molecular weight is 481 g/mol. The number of anilines is 3. The van der Waals surface area contributed by atoms with Crippen LogP contribution in [0.15, 0.2) is 84.9 Å². The zero-order valence-corrected chi connectivity index (χ0v) is 19.5. The molecule has 180 valence electrons. The van der Waals surface area contributed by atoms with Crippen molar-refractivity contribution in [1.82, 2.24) is 5.32 Å². The van der Waals surface area contributed by atoms with E-state index in [1.165, 1.54) is 9.80 Å². The van der Waals surface area contributed by atoms with Crippen LogP contribution in [-0.4, -0.2) is 36.2 Å². The lowest BCUT2D eigenvalue weighted by Crippen LogP contribution is -2.55. The summed E-state index contributed by atoms with van der Waals surface area (Å²) in [5, 5.41) is 6.15. The number of imide groups is 1. The van der Waals surface area contributed by atoms with E-state index in [0.29, 0.717) is 22.6 Å². The first kappa shape index (κ1) is 22.2. The molecule has 8 heteroatoms. The number of hydrogen-bond donors (Lipinski definition) is 2. The number of benzene rings is 3. The van der Waals surface area contributed by atoms with E-state index in [2.05, 4.69) is 10.6 Å². The van der Waals surface area contributed by atoms with Crippen molar-refractivity contribution in [1.29, 1.82) is 0 Å². The molecule has 3 aromatic carbocycles. The lowest BCUT2D eigenvalue weighted by atomic mass is 9.76. The first-order chi connectivity index (χ1) is 17.4. The molecule has 2 fully saturated rings. The van der Waals surface area contributed by atoms with Gasteiger partial charge in [0.2, 0.25) is 17.7 Å². The molecular weight excluding hydrogens is 456 g/mol. The summed E-state index contributed by atoms with van der Waals surface area (Å²) in [6.07, 6.45) is 0. The lowest BCUT2D eigenvalue weighted by molar-refractivity contribution is -0.132. The molecule has 4 atom stereocenters. The highest BCUT2D eigenvalue weighted by Crippen LogP contribution is 2.54. The molecule has 1 spiro atoms. The lowest BCUT2D eigenvalue weighted by Gasteiger charge is -2.30. The van der Waals surface area contributed by atoms with Crippen LogP contribution in [0.2, 0.25) is 0 Å². The summed E-state index contributed by atoms with van der Waals surface area (Å²) < 4.78 is 0. The Bertz CT molecular complexity index is 1390. The van der Waals surface area contributed by atoms with Crippen molar-refractivity contribution >= 4 is 40.7 Å². The number of rotatable bonds is 4. The number of para-hydroxylation sites is 3. The topological polar surface area (TPSA) is 98.8 Å². The summed E-state index contributed by atoms with van der Waals surface area (Å²) >= 11 is 0. The molecule has 3 aromatic rings. The zero-order valence-electron chi connectivity index (χ0n) is 19.5. The molecule has 4 amide bonds. The molecule has 0 aliphatic carbocycles. The van der Waals surface area contributed by atoms with E-state index in [4.69, 9.17) is 0 Å². The van der Waals surface area contributed by atoms with E-state index >= 15 is 0 Å². The summed E-state index contributed by atoms with van der Waals surface area (Å²) in [5.41, 5.74) is 0.855. The highest BCUT2D eigenvalue weighted by Gasteiger charge is 2.71. The highest BCUT2D eigenvalue weighted by atomic mass is 16.2.